The third kappa shape index (κ3) is 6.49. The molecule has 0 atom stereocenters. The summed E-state index contributed by atoms with van der Waals surface area (Å²) in [4.78, 5) is 0. The zero-order valence-electron chi connectivity index (χ0n) is 12.5. The summed E-state index contributed by atoms with van der Waals surface area (Å²) in [7, 11) is -1.02. The van der Waals surface area contributed by atoms with Crippen LogP contribution in [0.1, 0.15) is 6.92 Å². The van der Waals surface area contributed by atoms with E-state index in [9.17, 15) is 0 Å². The van der Waals surface area contributed by atoms with Crippen molar-refractivity contribution in [3.05, 3.63) is 18.2 Å². The number of hydrogen-bond acceptors (Lipinski definition) is 4. The fraction of sp³-hybridized carbons (Fsp3) is 0.571. The van der Waals surface area contributed by atoms with Crippen molar-refractivity contribution in [1.82, 2.24) is 0 Å². The van der Waals surface area contributed by atoms with Crippen molar-refractivity contribution in [2.75, 3.05) is 31.0 Å². The highest BCUT2D eigenvalue weighted by molar-refractivity contribution is 6.76. The second-order valence-electron chi connectivity index (χ2n) is 5.76. The van der Waals surface area contributed by atoms with Crippen molar-refractivity contribution in [3.63, 3.8) is 0 Å². The molecule has 1 aromatic carbocycles. The number of ether oxygens (including phenoxy) is 2. The quantitative estimate of drug-likeness (QED) is 0.332. The van der Waals surface area contributed by atoms with Crippen LogP contribution in [0.3, 0.4) is 0 Å². The van der Waals surface area contributed by atoms with Crippen LogP contribution in [0.15, 0.2) is 18.2 Å². The minimum Gasteiger partial charge on any atom is -0.467 e. The summed E-state index contributed by atoms with van der Waals surface area (Å²) < 4.78 is 11.1. The molecule has 5 heteroatoms. The van der Waals surface area contributed by atoms with Crippen LogP contribution in [-0.4, -0.2) is 28.0 Å². The lowest BCUT2D eigenvalue weighted by atomic mass is 10.2. The molecular formula is C14H26N2O2Si. The number of hydrogen-bond donors (Lipinski definition) is 2. The normalized spacial score (nSPS) is 11.4. The average Bonchev–Trinajstić information content (AvgIpc) is 2.31. The third-order valence-electron chi connectivity index (χ3n) is 2.70. The van der Waals surface area contributed by atoms with Crippen molar-refractivity contribution < 1.29 is 9.47 Å². The summed E-state index contributed by atoms with van der Waals surface area (Å²) >= 11 is 0. The Morgan fingerprint density at radius 1 is 1.26 bits per heavy atom. The smallest absolute Gasteiger partial charge is 0.189 e. The molecule has 3 N–H and O–H groups in total. The van der Waals surface area contributed by atoms with Gasteiger partial charge in [-0.15, -0.1) is 0 Å². The second-order valence-corrected chi connectivity index (χ2v) is 11.4. The van der Waals surface area contributed by atoms with Crippen LogP contribution in [0.5, 0.6) is 5.75 Å². The predicted molar refractivity (Wildman–Crippen MR) is 84.6 cm³/mol. The van der Waals surface area contributed by atoms with Gasteiger partial charge in [-0.2, -0.15) is 0 Å². The van der Waals surface area contributed by atoms with Gasteiger partial charge in [-0.05, 0) is 25.1 Å². The Kier molecular flexibility index (Phi) is 6.18. The molecule has 108 valence electrons. The molecule has 0 aliphatic carbocycles. The predicted octanol–water partition coefficient (Wildman–Crippen LogP) is 3.39. The molecule has 0 saturated heterocycles. The SMILES string of the molecule is CCNc1cc(OCOCC[Si](C)(C)C)ccc1N. The van der Waals surface area contributed by atoms with E-state index in [0.717, 1.165) is 36.3 Å². The van der Waals surface area contributed by atoms with E-state index in [-0.39, 0.29) is 0 Å². The van der Waals surface area contributed by atoms with Crippen LogP contribution in [0.2, 0.25) is 25.7 Å². The van der Waals surface area contributed by atoms with Gasteiger partial charge in [-0.1, -0.05) is 19.6 Å². The topological polar surface area (TPSA) is 56.5 Å². The van der Waals surface area contributed by atoms with Gasteiger partial charge in [0.2, 0.25) is 0 Å². The van der Waals surface area contributed by atoms with Crippen molar-refractivity contribution in [2.24, 2.45) is 0 Å². The van der Waals surface area contributed by atoms with E-state index >= 15 is 0 Å². The van der Waals surface area contributed by atoms with Crippen LogP contribution in [-0.2, 0) is 4.74 Å². The van der Waals surface area contributed by atoms with Gasteiger partial charge in [0.15, 0.2) is 6.79 Å². The molecule has 0 aliphatic heterocycles. The summed E-state index contributed by atoms with van der Waals surface area (Å²) in [6.07, 6.45) is 0. The second kappa shape index (κ2) is 7.40. The van der Waals surface area contributed by atoms with E-state index in [1.807, 2.05) is 25.1 Å². The zero-order chi connectivity index (χ0) is 14.3. The fourth-order valence-electron chi connectivity index (χ4n) is 1.52. The highest BCUT2D eigenvalue weighted by Crippen LogP contribution is 2.24. The van der Waals surface area contributed by atoms with E-state index in [2.05, 4.69) is 25.0 Å². The van der Waals surface area contributed by atoms with Crippen LogP contribution >= 0.6 is 0 Å². The Morgan fingerprint density at radius 2 is 2.00 bits per heavy atom. The highest BCUT2D eigenvalue weighted by atomic mass is 28.3. The molecule has 1 rings (SSSR count). The molecule has 4 nitrogen and oxygen atoms in total. The molecule has 0 saturated carbocycles. The first kappa shape index (κ1) is 15.9. The molecule has 1 aromatic rings. The summed E-state index contributed by atoms with van der Waals surface area (Å²) in [5, 5.41) is 3.20. The molecular weight excluding hydrogens is 256 g/mol. The fourth-order valence-corrected chi connectivity index (χ4v) is 2.27. The first-order valence-corrected chi connectivity index (χ1v) is 10.5. The number of benzene rings is 1. The van der Waals surface area contributed by atoms with E-state index in [1.165, 1.54) is 0 Å². The Bertz CT molecular complexity index is 392. The highest BCUT2D eigenvalue weighted by Gasteiger charge is 2.11. The van der Waals surface area contributed by atoms with Crippen molar-refractivity contribution >= 4 is 19.4 Å². The summed E-state index contributed by atoms with van der Waals surface area (Å²) in [5.74, 6) is 0.776. The first-order chi connectivity index (χ1) is 8.92. The monoisotopic (exact) mass is 282 g/mol. The molecule has 0 unspecified atom stereocenters. The molecule has 0 aromatic heterocycles. The van der Waals surface area contributed by atoms with Gasteiger partial charge in [0.05, 0.1) is 11.4 Å². The first-order valence-electron chi connectivity index (χ1n) is 6.76. The van der Waals surface area contributed by atoms with Crippen LogP contribution < -0.4 is 15.8 Å². The lowest BCUT2D eigenvalue weighted by Gasteiger charge is -2.16. The van der Waals surface area contributed by atoms with Crippen LogP contribution in [0, 0.1) is 0 Å². The Labute approximate surface area is 117 Å². The van der Waals surface area contributed by atoms with E-state index < -0.39 is 8.07 Å². The third-order valence-corrected chi connectivity index (χ3v) is 4.40. The van der Waals surface area contributed by atoms with E-state index in [1.54, 1.807) is 0 Å². The number of nitrogens with two attached hydrogens (primary N) is 1. The minimum absolute atomic E-state index is 0.292. The Hall–Kier alpha value is -1.20. The maximum Gasteiger partial charge on any atom is 0.189 e. The number of anilines is 2. The lowest BCUT2D eigenvalue weighted by Crippen LogP contribution is -2.22. The van der Waals surface area contributed by atoms with Gasteiger partial charge >= 0.3 is 0 Å². The minimum atomic E-state index is -1.02. The van der Waals surface area contributed by atoms with Gasteiger partial charge in [0, 0.05) is 27.3 Å². The summed E-state index contributed by atoms with van der Waals surface area (Å²) in [6, 6.07) is 6.76. The molecule has 0 fully saturated rings. The van der Waals surface area contributed by atoms with E-state index in [4.69, 9.17) is 15.2 Å². The van der Waals surface area contributed by atoms with Crippen molar-refractivity contribution in [2.45, 2.75) is 32.6 Å². The molecule has 0 bridgehead atoms. The molecule has 19 heavy (non-hydrogen) atoms. The average molecular weight is 282 g/mol. The van der Waals surface area contributed by atoms with Gasteiger partial charge in [-0.3, -0.25) is 0 Å². The van der Waals surface area contributed by atoms with Crippen LogP contribution in [0.25, 0.3) is 0 Å². The maximum atomic E-state index is 5.86. The van der Waals surface area contributed by atoms with Crippen molar-refractivity contribution in [1.29, 1.82) is 0 Å². The number of nitrogens with one attached hydrogen (secondary N) is 1. The molecule has 0 heterocycles. The number of rotatable bonds is 8. The van der Waals surface area contributed by atoms with Crippen molar-refractivity contribution in [3.8, 4) is 5.75 Å². The molecule has 0 spiro atoms. The zero-order valence-corrected chi connectivity index (χ0v) is 13.5. The lowest BCUT2D eigenvalue weighted by molar-refractivity contribution is 0.0221. The maximum absolute atomic E-state index is 5.86. The van der Waals surface area contributed by atoms with Gasteiger partial charge < -0.3 is 20.5 Å². The van der Waals surface area contributed by atoms with Gasteiger partial charge in [0.25, 0.3) is 0 Å². The molecule has 0 radical (unpaired) electrons. The number of nitrogen functional groups attached to an aromatic ring is 1. The standard InChI is InChI=1S/C14H26N2O2Si/c1-5-16-14-10-12(6-7-13(14)15)18-11-17-8-9-19(2,3)4/h6-7,10,16H,5,8-9,11,15H2,1-4H3. The van der Waals surface area contributed by atoms with Crippen LogP contribution in [0.4, 0.5) is 11.4 Å². The summed E-state index contributed by atoms with van der Waals surface area (Å²) in [5.41, 5.74) is 7.49. The largest absolute Gasteiger partial charge is 0.467 e. The summed E-state index contributed by atoms with van der Waals surface area (Å²) in [6.45, 7) is 10.9. The molecule has 0 amide bonds. The Balaban J connectivity index is 2.35. The van der Waals surface area contributed by atoms with Gasteiger partial charge in [0.1, 0.15) is 5.75 Å². The Morgan fingerprint density at radius 3 is 2.63 bits per heavy atom. The van der Waals surface area contributed by atoms with Gasteiger partial charge in [-0.25, -0.2) is 0 Å². The van der Waals surface area contributed by atoms with E-state index in [0.29, 0.717) is 6.79 Å². The molecule has 0 aliphatic rings.